The monoisotopic (exact) mass is 491 g/mol. The molecular formula is C27H26FN3O3S. The van der Waals surface area contributed by atoms with Gasteiger partial charge in [0, 0.05) is 25.2 Å². The van der Waals surface area contributed by atoms with Gasteiger partial charge in [0.25, 0.3) is 5.91 Å². The first-order chi connectivity index (χ1) is 17.1. The highest BCUT2D eigenvalue weighted by atomic mass is 32.1. The molecule has 0 bridgehead atoms. The number of amides is 1. The van der Waals surface area contributed by atoms with E-state index >= 15 is 0 Å². The molecular weight excluding hydrogens is 465 g/mol. The third kappa shape index (κ3) is 5.28. The summed E-state index contributed by atoms with van der Waals surface area (Å²) < 4.78 is 25.0. The summed E-state index contributed by atoms with van der Waals surface area (Å²) in [5.41, 5.74) is 4.47. The first-order valence-corrected chi connectivity index (χ1v) is 12.4. The van der Waals surface area contributed by atoms with Crippen molar-refractivity contribution in [3.05, 3.63) is 93.4 Å². The van der Waals surface area contributed by atoms with E-state index in [1.165, 1.54) is 23.5 Å². The lowest BCUT2D eigenvalue weighted by Gasteiger charge is -2.28. The van der Waals surface area contributed by atoms with Crippen molar-refractivity contribution in [3.63, 3.8) is 0 Å². The molecule has 35 heavy (non-hydrogen) atoms. The lowest BCUT2D eigenvalue weighted by atomic mass is 10.0. The smallest absolute Gasteiger partial charge is 0.264 e. The molecule has 5 rings (SSSR count). The fraction of sp³-hybridized carbons (Fsp3) is 0.259. The Hall–Kier alpha value is -3.49. The summed E-state index contributed by atoms with van der Waals surface area (Å²) in [7, 11) is 0. The minimum atomic E-state index is -0.305. The van der Waals surface area contributed by atoms with E-state index < -0.39 is 0 Å². The van der Waals surface area contributed by atoms with Crippen LogP contribution in [0.3, 0.4) is 0 Å². The molecule has 0 aliphatic carbocycles. The Morgan fingerprint density at radius 2 is 1.89 bits per heavy atom. The van der Waals surface area contributed by atoms with Crippen LogP contribution in [0.15, 0.2) is 70.6 Å². The number of carbonyl (C=O) groups is 1. The van der Waals surface area contributed by atoms with Crippen molar-refractivity contribution in [2.75, 3.05) is 31.2 Å². The highest BCUT2D eigenvalue weighted by Gasteiger charge is 2.28. The van der Waals surface area contributed by atoms with Gasteiger partial charge in [-0.3, -0.25) is 4.79 Å². The van der Waals surface area contributed by atoms with Gasteiger partial charge in [-0.15, -0.1) is 11.3 Å². The lowest BCUT2D eigenvalue weighted by molar-refractivity contribution is 0.0734. The van der Waals surface area contributed by atoms with Crippen LogP contribution in [-0.4, -0.2) is 42.3 Å². The predicted octanol–water partition coefficient (Wildman–Crippen LogP) is 5.53. The summed E-state index contributed by atoms with van der Waals surface area (Å²) in [4.78, 5) is 18.1. The molecule has 180 valence electrons. The van der Waals surface area contributed by atoms with Crippen molar-refractivity contribution in [2.24, 2.45) is 0 Å². The SMILES string of the molecule is Cc1cccc(-c2noc(N3CCOCC3)c2CN(Cc2ccc(F)cc2)C(=O)c2cccs2)c1. The third-order valence-electron chi connectivity index (χ3n) is 6.01. The van der Waals surface area contributed by atoms with Crippen LogP contribution >= 0.6 is 11.3 Å². The number of aromatic nitrogens is 1. The minimum absolute atomic E-state index is 0.0892. The maximum absolute atomic E-state index is 13.6. The molecule has 2 aromatic heterocycles. The van der Waals surface area contributed by atoms with Gasteiger partial charge < -0.3 is 19.1 Å². The number of aryl methyl sites for hydroxylation is 1. The van der Waals surface area contributed by atoms with Gasteiger partial charge in [0.15, 0.2) is 0 Å². The largest absolute Gasteiger partial charge is 0.378 e. The van der Waals surface area contributed by atoms with Gasteiger partial charge in [-0.05, 0) is 42.1 Å². The zero-order chi connectivity index (χ0) is 24.2. The summed E-state index contributed by atoms with van der Waals surface area (Å²) in [6, 6.07) is 18.0. The normalized spacial score (nSPS) is 13.7. The van der Waals surface area contributed by atoms with Crippen LogP contribution in [0.1, 0.15) is 26.4 Å². The molecule has 2 aromatic carbocycles. The van der Waals surface area contributed by atoms with E-state index in [4.69, 9.17) is 9.26 Å². The number of thiophene rings is 1. The highest BCUT2D eigenvalue weighted by molar-refractivity contribution is 7.12. The number of anilines is 1. The molecule has 3 heterocycles. The van der Waals surface area contributed by atoms with E-state index in [-0.39, 0.29) is 11.7 Å². The van der Waals surface area contributed by atoms with Crippen molar-refractivity contribution < 1.29 is 18.4 Å². The number of morpholine rings is 1. The molecule has 4 aromatic rings. The van der Waals surface area contributed by atoms with Gasteiger partial charge in [-0.1, -0.05) is 47.1 Å². The van der Waals surface area contributed by atoms with Crippen LogP contribution in [0.4, 0.5) is 10.3 Å². The lowest BCUT2D eigenvalue weighted by Crippen LogP contribution is -2.37. The summed E-state index contributed by atoms with van der Waals surface area (Å²) >= 11 is 1.40. The van der Waals surface area contributed by atoms with E-state index in [0.717, 1.165) is 27.9 Å². The van der Waals surface area contributed by atoms with E-state index in [2.05, 4.69) is 16.1 Å². The summed E-state index contributed by atoms with van der Waals surface area (Å²) in [5, 5.41) is 6.34. The first-order valence-electron chi connectivity index (χ1n) is 11.5. The van der Waals surface area contributed by atoms with Crippen LogP contribution in [0.25, 0.3) is 11.3 Å². The Morgan fingerprint density at radius 3 is 2.60 bits per heavy atom. The minimum Gasteiger partial charge on any atom is -0.378 e. The number of carbonyl (C=O) groups excluding carboxylic acids is 1. The number of halogens is 1. The molecule has 6 nitrogen and oxygen atoms in total. The Morgan fingerprint density at radius 1 is 1.09 bits per heavy atom. The molecule has 1 aliphatic heterocycles. The quantitative estimate of drug-likeness (QED) is 0.340. The van der Waals surface area contributed by atoms with Crippen LogP contribution < -0.4 is 4.90 Å². The second-order valence-electron chi connectivity index (χ2n) is 8.55. The molecule has 0 saturated carbocycles. The van der Waals surface area contributed by atoms with Crippen molar-refractivity contribution in [1.82, 2.24) is 10.1 Å². The zero-order valence-electron chi connectivity index (χ0n) is 19.4. The van der Waals surface area contributed by atoms with Gasteiger partial charge in [0.05, 0.1) is 30.2 Å². The number of hydrogen-bond donors (Lipinski definition) is 0. The number of benzene rings is 2. The van der Waals surface area contributed by atoms with Crippen molar-refractivity contribution >= 4 is 23.1 Å². The average molecular weight is 492 g/mol. The fourth-order valence-corrected chi connectivity index (χ4v) is 4.92. The molecule has 0 atom stereocenters. The van der Waals surface area contributed by atoms with Crippen LogP contribution in [0.2, 0.25) is 0 Å². The number of nitrogens with zero attached hydrogens (tertiary/aromatic N) is 3. The summed E-state index contributed by atoms with van der Waals surface area (Å²) in [6.45, 7) is 5.25. The number of ether oxygens (including phenoxy) is 1. The summed E-state index contributed by atoms with van der Waals surface area (Å²) in [5.74, 6) is 0.266. The Labute approximate surface area is 207 Å². The average Bonchev–Trinajstić information content (AvgIpc) is 3.56. The number of hydrogen-bond acceptors (Lipinski definition) is 6. The van der Waals surface area contributed by atoms with Crippen molar-refractivity contribution in [2.45, 2.75) is 20.0 Å². The van der Waals surface area contributed by atoms with Gasteiger partial charge in [0.1, 0.15) is 11.5 Å². The molecule has 0 unspecified atom stereocenters. The van der Waals surface area contributed by atoms with E-state index in [0.29, 0.717) is 50.2 Å². The Bertz CT molecular complexity index is 1280. The second kappa shape index (κ2) is 10.4. The van der Waals surface area contributed by atoms with Gasteiger partial charge in [-0.25, -0.2) is 4.39 Å². The zero-order valence-corrected chi connectivity index (χ0v) is 20.3. The molecule has 8 heteroatoms. The van der Waals surface area contributed by atoms with Crippen LogP contribution in [0.5, 0.6) is 0 Å². The van der Waals surface area contributed by atoms with Gasteiger partial charge in [0.2, 0.25) is 5.88 Å². The molecule has 1 amide bonds. The maximum atomic E-state index is 13.6. The van der Waals surface area contributed by atoms with Crippen LogP contribution in [-0.2, 0) is 17.8 Å². The first kappa shape index (κ1) is 23.3. The predicted molar refractivity (Wildman–Crippen MR) is 134 cm³/mol. The molecule has 0 spiro atoms. The summed E-state index contributed by atoms with van der Waals surface area (Å²) in [6.07, 6.45) is 0. The molecule has 1 saturated heterocycles. The standard InChI is InChI=1S/C27H26FN3O3S/c1-19-4-2-5-21(16-19)25-23(27(34-29-25)30-11-13-33-14-12-30)18-31(26(32)24-6-3-15-35-24)17-20-7-9-22(28)10-8-20/h2-10,15-16H,11-14,17-18H2,1H3. The topological polar surface area (TPSA) is 58.8 Å². The third-order valence-corrected chi connectivity index (χ3v) is 6.87. The second-order valence-corrected chi connectivity index (χ2v) is 9.50. The van der Waals surface area contributed by atoms with Crippen molar-refractivity contribution in [3.8, 4) is 11.3 Å². The van der Waals surface area contributed by atoms with E-state index in [1.807, 2.05) is 42.6 Å². The van der Waals surface area contributed by atoms with Crippen LogP contribution in [0, 0.1) is 12.7 Å². The van der Waals surface area contributed by atoms with E-state index in [1.54, 1.807) is 17.0 Å². The highest BCUT2D eigenvalue weighted by Crippen LogP contribution is 2.34. The van der Waals surface area contributed by atoms with Gasteiger partial charge >= 0.3 is 0 Å². The maximum Gasteiger partial charge on any atom is 0.264 e. The van der Waals surface area contributed by atoms with Crippen molar-refractivity contribution in [1.29, 1.82) is 0 Å². The van der Waals surface area contributed by atoms with Gasteiger partial charge in [-0.2, -0.15) is 0 Å². The molecule has 1 fully saturated rings. The number of rotatable bonds is 7. The Kier molecular flexibility index (Phi) is 6.92. The Balaban J connectivity index is 1.55. The molecule has 1 aliphatic rings. The van der Waals surface area contributed by atoms with E-state index in [9.17, 15) is 9.18 Å². The molecule has 0 radical (unpaired) electrons. The fourth-order valence-electron chi connectivity index (χ4n) is 4.23. The molecule has 0 N–H and O–H groups in total.